The van der Waals surface area contributed by atoms with Crippen molar-refractivity contribution in [3.05, 3.63) is 46.0 Å². The molecule has 0 saturated carbocycles. The van der Waals surface area contributed by atoms with Crippen LogP contribution in [0.5, 0.6) is 0 Å². The molecule has 1 aliphatic carbocycles. The lowest BCUT2D eigenvalue weighted by Gasteiger charge is -2.12. The van der Waals surface area contributed by atoms with Crippen LogP contribution < -0.4 is 0 Å². The van der Waals surface area contributed by atoms with E-state index in [1.54, 1.807) is 0 Å². The monoisotopic (exact) mass is 264 g/mol. The molecule has 0 radical (unpaired) electrons. The van der Waals surface area contributed by atoms with Gasteiger partial charge in [0.1, 0.15) is 0 Å². The van der Waals surface area contributed by atoms with E-state index in [9.17, 15) is 4.79 Å². The average molecular weight is 265 g/mol. The SMILES string of the molecule is O=C1C=C(Cc2ccccc2Br)CCC1. The van der Waals surface area contributed by atoms with Crippen molar-refractivity contribution >= 4 is 21.7 Å². The number of hydrogen-bond acceptors (Lipinski definition) is 1. The molecule has 78 valence electrons. The normalized spacial score (nSPS) is 16.3. The summed E-state index contributed by atoms with van der Waals surface area (Å²) >= 11 is 3.53. The van der Waals surface area contributed by atoms with Crippen molar-refractivity contribution in [2.24, 2.45) is 0 Å². The van der Waals surface area contributed by atoms with Crippen LogP contribution in [0.1, 0.15) is 24.8 Å². The number of benzene rings is 1. The molecule has 1 aliphatic rings. The second-order valence-corrected chi connectivity index (χ2v) is 4.74. The molecule has 0 aromatic heterocycles. The topological polar surface area (TPSA) is 17.1 Å². The van der Waals surface area contributed by atoms with Gasteiger partial charge < -0.3 is 0 Å². The third-order valence-corrected chi connectivity index (χ3v) is 3.44. The molecule has 2 heteroatoms. The molecule has 0 bridgehead atoms. The predicted molar refractivity (Wildman–Crippen MR) is 64.8 cm³/mol. The number of hydrogen-bond donors (Lipinski definition) is 0. The van der Waals surface area contributed by atoms with Crippen LogP contribution in [0.25, 0.3) is 0 Å². The third-order valence-electron chi connectivity index (χ3n) is 2.66. The molecular formula is C13H13BrO. The highest BCUT2D eigenvalue weighted by Crippen LogP contribution is 2.23. The summed E-state index contributed by atoms with van der Waals surface area (Å²) in [7, 11) is 0. The molecule has 0 unspecified atom stereocenters. The van der Waals surface area contributed by atoms with Gasteiger partial charge in [0, 0.05) is 10.9 Å². The van der Waals surface area contributed by atoms with E-state index < -0.39 is 0 Å². The molecule has 0 spiro atoms. The smallest absolute Gasteiger partial charge is 0.155 e. The molecule has 0 N–H and O–H groups in total. The first-order valence-electron chi connectivity index (χ1n) is 5.21. The molecule has 0 heterocycles. The Balaban J connectivity index is 2.15. The zero-order valence-electron chi connectivity index (χ0n) is 8.50. The molecule has 0 aliphatic heterocycles. The summed E-state index contributed by atoms with van der Waals surface area (Å²) in [6, 6.07) is 8.18. The van der Waals surface area contributed by atoms with Crippen molar-refractivity contribution in [3.63, 3.8) is 0 Å². The molecule has 15 heavy (non-hydrogen) atoms. The molecule has 2 rings (SSSR count). The fraction of sp³-hybridized carbons (Fsp3) is 0.308. The van der Waals surface area contributed by atoms with Crippen molar-refractivity contribution in [2.45, 2.75) is 25.7 Å². The Hall–Kier alpha value is -0.890. The van der Waals surface area contributed by atoms with E-state index in [2.05, 4.69) is 22.0 Å². The third kappa shape index (κ3) is 2.78. The highest BCUT2D eigenvalue weighted by molar-refractivity contribution is 9.10. The maximum Gasteiger partial charge on any atom is 0.155 e. The first kappa shape index (κ1) is 10.6. The minimum Gasteiger partial charge on any atom is -0.295 e. The lowest BCUT2D eigenvalue weighted by atomic mass is 9.93. The number of halogens is 1. The second-order valence-electron chi connectivity index (χ2n) is 3.89. The summed E-state index contributed by atoms with van der Waals surface area (Å²) in [5.41, 5.74) is 2.52. The zero-order chi connectivity index (χ0) is 10.7. The van der Waals surface area contributed by atoms with Crippen LogP contribution in [0.2, 0.25) is 0 Å². The van der Waals surface area contributed by atoms with Gasteiger partial charge in [-0.15, -0.1) is 0 Å². The van der Waals surface area contributed by atoms with Crippen LogP contribution in [0.3, 0.4) is 0 Å². The van der Waals surface area contributed by atoms with Crippen molar-refractivity contribution < 1.29 is 4.79 Å². The van der Waals surface area contributed by atoms with E-state index in [0.29, 0.717) is 0 Å². The maximum atomic E-state index is 11.3. The van der Waals surface area contributed by atoms with Crippen molar-refractivity contribution in [1.29, 1.82) is 0 Å². The van der Waals surface area contributed by atoms with E-state index in [1.807, 2.05) is 24.3 Å². The van der Waals surface area contributed by atoms with Crippen molar-refractivity contribution in [2.75, 3.05) is 0 Å². The Morgan fingerprint density at radius 2 is 2.00 bits per heavy atom. The number of carbonyl (C=O) groups excluding carboxylic acids is 1. The van der Waals surface area contributed by atoms with Gasteiger partial charge in [0.2, 0.25) is 0 Å². The van der Waals surface area contributed by atoms with Gasteiger partial charge in [-0.05, 0) is 37.0 Å². The van der Waals surface area contributed by atoms with Gasteiger partial charge in [0.05, 0.1) is 0 Å². The summed E-state index contributed by atoms with van der Waals surface area (Å²) in [5, 5.41) is 0. The van der Waals surface area contributed by atoms with Crippen LogP contribution in [-0.4, -0.2) is 5.78 Å². The molecule has 1 aromatic carbocycles. The maximum absolute atomic E-state index is 11.3. The molecule has 1 nitrogen and oxygen atoms in total. The van der Waals surface area contributed by atoms with Gasteiger partial charge >= 0.3 is 0 Å². The highest BCUT2D eigenvalue weighted by Gasteiger charge is 2.11. The van der Waals surface area contributed by atoms with E-state index in [1.165, 1.54) is 11.1 Å². The Bertz CT molecular complexity index is 407. The number of allylic oxidation sites excluding steroid dienone is 2. The molecule has 0 saturated heterocycles. The molecule has 0 fully saturated rings. The average Bonchev–Trinajstić information content (AvgIpc) is 2.22. The Morgan fingerprint density at radius 1 is 1.20 bits per heavy atom. The molecule has 0 atom stereocenters. The van der Waals surface area contributed by atoms with E-state index in [0.717, 1.165) is 30.2 Å². The van der Waals surface area contributed by atoms with Gasteiger partial charge in [0.25, 0.3) is 0 Å². The first-order valence-corrected chi connectivity index (χ1v) is 6.01. The molecule has 0 amide bonds. The first-order chi connectivity index (χ1) is 7.25. The van der Waals surface area contributed by atoms with Crippen LogP contribution in [-0.2, 0) is 11.2 Å². The highest BCUT2D eigenvalue weighted by atomic mass is 79.9. The molecule has 1 aromatic rings. The number of carbonyl (C=O) groups is 1. The summed E-state index contributed by atoms with van der Waals surface area (Å²) in [6.07, 6.45) is 5.51. The summed E-state index contributed by atoms with van der Waals surface area (Å²) in [6.45, 7) is 0. The van der Waals surface area contributed by atoms with Crippen molar-refractivity contribution in [1.82, 2.24) is 0 Å². The summed E-state index contributed by atoms with van der Waals surface area (Å²) in [5.74, 6) is 0.281. The quantitative estimate of drug-likeness (QED) is 0.797. The number of rotatable bonds is 2. The van der Waals surface area contributed by atoms with Gasteiger partial charge in [-0.2, -0.15) is 0 Å². The van der Waals surface area contributed by atoms with Gasteiger partial charge in [0.15, 0.2) is 5.78 Å². The van der Waals surface area contributed by atoms with Crippen LogP contribution >= 0.6 is 15.9 Å². The van der Waals surface area contributed by atoms with Crippen LogP contribution in [0, 0.1) is 0 Å². The Labute approximate surface area is 98.3 Å². The number of ketones is 1. The van der Waals surface area contributed by atoms with E-state index >= 15 is 0 Å². The van der Waals surface area contributed by atoms with Gasteiger partial charge in [-0.3, -0.25) is 4.79 Å². The van der Waals surface area contributed by atoms with E-state index in [-0.39, 0.29) is 5.78 Å². The van der Waals surface area contributed by atoms with Gasteiger partial charge in [-0.1, -0.05) is 39.7 Å². The standard InChI is InChI=1S/C13H13BrO/c14-13-7-2-1-5-11(13)8-10-4-3-6-12(15)9-10/h1-2,5,7,9H,3-4,6,8H2. The molecular weight excluding hydrogens is 252 g/mol. The van der Waals surface area contributed by atoms with Gasteiger partial charge in [-0.25, -0.2) is 0 Å². The van der Waals surface area contributed by atoms with Crippen LogP contribution in [0.15, 0.2) is 40.4 Å². The summed E-state index contributed by atoms with van der Waals surface area (Å²) < 4.78 is 1.13. The lowest BCUT2D eigenvalue weighted by Crippen LogP contribution is -2.04. The fourth-order valence-electron chi connectivity index (χ4n) is 1.89. The zero-order valence-corrected chi connectivity index (χ0v) is 10.1. The predicted octanol–water partition coefficient (Wildman–Crippen LogP) is 3.67. The minimum absolute atomic E-state index is 0.281. The van der Waals surface area contributed by atoms with Crippen molar-refractivity contribution in [3.8, 4) is 0 Å². The van der Waals surface area contributed by atoms with E-state index in [4.69, 9.17) is 0 Å². The largest absolute Gasteiger partial charge is 0.295 e. The fourth-order valence-corrected chi connectivity index (χ4v) is 2.31. The Kier molecular flexibility index (Phi) is 3.37. The van der Waals surface area contributed by atoms with Crippen LogP contribution in [0.4, 0.5) is 0 Å². The summed E-state index contributed by atoms with van der Waals surface area (Å²) in [4.78, 5) is 11.3. The second kappa shape index (κ2) is 4.75. The minimum atomic E-state index is 0.281. The Morgan fingerprint density at radius 3 is 2.73 bits per heavy atom. The lowest BCUT2D eigenvalue weighted by molar-refractivity contribution is -0.115.